The maximum absolute atomic E-state index is 12.4. The van der Waals surface area contributed by atoms with Crippen molar-refractivity contribution < 1.29 is 4.79 Å². The summed E-state index contributed by atoms with van der Waals surface area (Å²) < 4.78 is 0. The number of aromatic nitrogens is 1. The highest BCUT2D eigenvalue weighted by atomic mass is 32.1. The highest BCUT2D eigenvalue weighted by molar-refractivity contribution is 7.18. The number of nitrogens with one attached hydrogen (secondary N) is 2. The maximum atomic E-state index is 12.4. The van der Waals surface area contributed by atoms with Crippen molar-refractivity contribution in [3.8, 4) is 0 Å². The first-order valence-electron chi connectivity index (χ1n) is 7.91. The van der Waals surface area contributed by atoms with Gasteiger partial charge in [-0.25, -0.2) is 4.98 Å². The molecule has 5 nitrogen and oxygen atoms in total. The Kier molecular flexibility index (Phi) is 5.85. The van der Waals surface area contributed by atoms with Gasteiger partial charge in [0.2, 0.25) is 0 Å². The van der Waals surface area contributed by atoms with Crippen molar-refractivity contribution in [2.45, 2.75) is 58.4 Å². The van der Waals surface area contributed by atoms with Crippen molar-refractivity contribution >= 4 is 28.2 Å². The molecule has 1 saturated carbocycles. The molecule has 1 fully saturated rings. The lowest BCUT2D eigenvalue weighted by molar-refractivity contribution is 0.0938. The summed E-state index contributed by atoms with van der Waals surface area (Å²) in [5.41, 5.74) is 5.87. The highest BCUT2D eigenvalue weighted by Crippen LogP contribution is 2.26. The van der Waals surface area contributed by atoms with Crippen LogP contribution < -0.4 is 16.4 Å². The molecular weight excluding hydrogens is 284 g/mol. The van der Waals surface area contributed by atoms with E-state index in [-0.39, 0.29) is 11.9 Å². The molecule has 0 bridgehead atoms. The van der Waals surface area contributed by atoms with E-state index in [0.717, 1.165) is 36.9 Å². The summed E-state index contributed by atoms with van der Waals surface area (Å²) in [4.78, 5) is 17.1. The van der Waals surface area contributed by atoms with Gasteiger partial charge in [0, 0.05) is 12.6 Å². The van der Waals surface area contributed by atoms with Crippen LogP contribution in [0.3, 0.4) is 0 Å². The molecule has 0 aliphatic heterocycles. The lowest BCUT2D eigenvalue weighted by Gasteiger charge is -2.15. The molecule has 1 aliphatic carbocycles. The van der Waals surface area contributed by atoms with E-state index in [1.807, 2.05) is 0 Å². The van der Waals surface area contributed by atoms with Crippen LogP contribution >= 0.6 is 11.3 Å². The van der Waals surface area contributed by atoms with E-state index in [9.17, 15) is 4.79 Å². The van der Waals surface area contributed by atoms with Gasteiger partial charge >= 0.3 is 0 Å². The Labute approximate surface area is 130 Å². The molecule has 2 rings (SSSR count). The molecule has 1 aromatic rings. The van der Waals surface area contributed by atoms with Crippen molar-refractivity contribution in [2.75, 3.05) is 17.6 Å². The van der Waals surface area contributed by atoms with Crippen LogP contribution in [0.1, 0.15) is 62.0 Å². The molecule has 1 heterocycles. The SMILES string of the molecule is CCCNc1nc(N)c(C(=O)NC2CCCC(C)CC2)s1. The fraction of sp³-hybridized carbons (Fsp3) is 0.733. The average molecular weight is 310 g/mol. The molecule has 2 unspecified atom stereocenters. The normalized spacial score (nSPS) is 22.6. The Morgan fingerprint density at radius 2 is 2.19 bits per heavy atom. The zero-order valence-corrected chi connectivity index (χ0v) is 13.8. The van der Waals surface area contributed by atoms with Crippen LogP contribution in [-0.2, 0) is 0 Å². The fourth-order valence-corrected chi connectivity index (χ4v) is 3.50. The van der Waals surface area contributed by atoms with Crippen LogP contribution in [0.25, 0.3) is 0 Å². The summed E-state index contributed by atoms with van der Waals surface area (Å²) >= 11 is 1.34. The monoisotopic (exact) mass is 310 g/mol. The quantitative estimate of drug-likeness (QED) is 0.729. The first-order chi connectivity index (χ1) is 10.1. The lowest BCUT2D eigenvalue weighted by atomic mass is 10.0. The van der Waals surface area contributed by atoms with Gasteiger partial charge in [-0.3, -0.25) is 4.79 Å². The average Bonchev–Trinajstić information content (AvgIpc) is 2.71. The van der Waals surface area contributed by atoms with Crippen molar-refractivity contribution in [3.63, 3.8) is 0 Å². The van der Waals surface area contributed by atoms with Gasteiger partial charge in [0.25, 0.3) is 5.91 Å². The molecule has 21 heavy (non-hydrogen) atoms. The second-order valence-electron chi connectivity index (χ2n) is 5.94. The molecule has 4 N–H and O–H groups in total. The van der Waals surface area contributed by atoms with Gasteiger partial charge in [0.1, 0.15) is 10.7 Å². The van der Waals surface area contributed by atoms with Crippen LogP contribution in [0.4, 0.5) is 10.9 Å². The fourth-order valence-electron chi connectivity index (χ4n) is 2.68. The van der Waals surface area contributed by atoms with Gasteiger partial charge in [-0.1, -0.05) is 38.0 Å². The third-order valence-electron chi connectivity index (χ3n) is 3.98. The molecule has 0 spiro atoms. The molecule has 0 saturated heterocycles. The van der Waals surface area contributed by atoms with Gasteiger partial charge in [-0.05, 0) is 31.6 Å². The number of carbonyl (C=O) groups excluding carboxylic acids is 1. The molecule has 118 valence electrons. The molecule has 1 aromatic heterocycles. The molecule has 1 aliphatic rings. The van der Waals surface area contributed by atoms with Crippen molar-refractivity contribution in [1.29, 1.82) is 0 Å². The van der Waals surface area contributed by atoms with Crippen LogP contribution in [0.15, 0.2) is 0 Å². The predicted octanol–water partition coefficient (Wildman–Crippen LogP) is 3.25. The number of hydrogen-bond acceptors (Lipinski definition) is 5. The Hall–Kier alpha value is -1.30. The first kappa shape index (κ1) is 16.1. The second kappa shape index (κ2) is 7.64. The minimum atomic E-state index is -0.0749. The summed E-state index contributed by atoms with van der Waals surface area (Å²) in [6.07, 6.45) is 6.78. The number of thiazole rings is 1. The molecule has 0 radical (unpaired) electrons. The Balaban J connectivity index is 1.94. The first-order valence-corrected chi connectivity index (χ1v) is 8.72. The third-order valence-corrected chi connectivity index (χ3v) is 5.01. The van der Waals surface area contributed by atoms with Crippen LogP contribution in [0.5, 0.6) is 0 Å². The number of hydrogen-bond donors (Lipinski definition) is 3. The zero-order chi connectivity index (χ0) is 15.2. The van der Waals surface area contributed by atoms with Crippen molar-refractivity contribution in [3.05, 3.63) is 4.88 Å². The van der Waals surface area contributed by atoms with E-state index in [2.05, 4.69) is 29.5 Å². The second-order valence-corrected chi connectivity index (χ2v) is 6.94. The largest absolute Gasteiger partial charge is 0.382 e. The smallest absolute Gasteiger partial charge is 0.265 e. The zero-order valence-electron chi connectivity index (χ0n) is 12.9. The number of nitrogens with two attached hydrogens (primary N) is 1. The third kappa shape index (κ3) is 4.59. The molecule has 2 atom stereocenters. The molecular formula is C15H26N4OS. The number of nitrogen functional groups attached to an aromatic ring is 1. The van der Waals surface area contributed by atoms with Gasteiger partial charge in [0.05, 0.1) is 0 Å². The standard InChI is InChI=1S/C15H26N4OS/c1-3-9-17-15-19-13(16)12(21-15)14(20)18-11-6-4-5-10(2)7-8-11/h10-11H,3-9,16H2,1-2H3,(H,17,19)(H,18,20). The predicted molar refractivity (Wildman–Crippen MR) is 88.8 cm³/mol. The Morgan fingerprint density at radius 3 is 2.95 bits per heavy atom. The summed E-state index contributed by atoms with van der Waals surface area (Å²) in [5, 5.41) is 7.04. The maximum Gasteiger partial charge on any atom is 0.265 e. The minimum absolute atomic E-state index is 0.0749. The molecule has 6 heteroatoms. The summed E-state index contributed by atoms with van der Waals surface area (Å²) in [6.45, 7) is 5.22. The van der Waals surface area contributed by atoms with E-state index in [4.69, 9.17) is 5.73 Å². The number of carbonyl (C=O) groups is 1. The van der Waals surface area contributed by atoms with Gasteiger partial charge in [-0.2, -0.15) is 0 Å². The van der Waals surface area contributed by atoms with E-state index in [0.29, 0.717) is 10.7 Å². The number of rotatable bonds is 5. The summed E-state index contributed by atoms with van der Waals surface area (Å²) in [7, 11) is 0. The highest BCUT2D eigenvalue weighted by Gasteiger charge is 2.21. The van der Waals surface area contributed by atoms with Gasteiger partial charge < -0.3 is 16.4 Å². The topological polar surface area (TPSA) is 80.0 Å². The van der Waals surface area contributed by atoms with Crippen LogP contribution in [-0.4, -0.2) is 23.5 Å². The van der Waals surface area contributed by atoms with Crippen molar-refractivity contribution in [2.24, 2.45) is 5.92 Å². The van der Waals surface area contributed by atoms with Gasteiger partial charge in [-0.15, -0.1) is 0 Å². The Bertz CT molecular complexity index is 474. The number of anilines is 2. The van der Waals surface area contributed by atoms with E-state index in [1.54, 1.807) is 0 Å². The Morgan fingerprint density at radius 1 is 1.38 bits per heavy atom. The van der Waals surface area contributed by atoms with E-state index >= 15 is 0 Å². The van der Waals surface area contributed by atoms with E-state index in [1.165, 1.54) is 30.6 Å². The summed E-state index contributed by atoms with van der Waals surface area (Å²) in [6, 6.07) is 0.274. The van der Waals surface area contributed by atoms with Crippen molar-refractivity contribution in [1.82, 2.24) is 10.3 Å². The molecule has 1 amide bonds. The van der Waals surface area contributed by atoms with E-state index < -0.39 is 0 Å². The van der Waals surface area contributed by atoms with Crippen LogP contribution in [0.2, 0.25) is 0 Å². The number of nitrogens with zero attached hydrogens (tertiary/aromatic N) is 1. The van der Waals surface area contributed by atoms with Crippen LogP contribution in [0, 0.1) is 5.92 Å². The summed E-state index contributed by atoms with van der Waals surface area (Å²) in [5.74, 6) is 1.03. The number of amides is 1. The lowest BCUT2D eigenvalue weighted by Crippen LogP contribution is -2.34. The van der Waals surface area contributed by atoms with Gasteiger partial charge in [0.15, 0.2) is 5.13 Å². The minimum Gasteiger partial charge on any atom is -0.382 e. The molecule has 0 aromatic carbocycles.